The van der Waals surface area contributed by atoms with Crippen molar-refractivity contribution in [1.82, 2.24) is 4.31 Å². The van der Waals surface area contributed by atoms with Gasteiger partial charge in [0, 0.05) is 39.7 Å². The summed E-state index contributed by atoms with van der Waals surface area (Å²) in [5, 5.41) is 0. The molecule has 0 amide bonds. The maximum atomic E-state index is 4.18. The average molecular weight is 447 g/mol. The van der Waals surface area contributed by atoms with Gasteiger partial charge in [-0.05, 0) is 44.2 Å². The Hall–Kier alpha value is -1.04. The first-order chi connectivity index (χ1) is 11.7. The molecule has 1 aliphatic rings. The van der Waals surface area contributed by atoms with Crippen LogP contribution in [-0.2, 0) is 0 Å². The zero-order valence-electron chi connectivity index (χ0n) is 13.7. The van der Waals surface area contributed by atoms with Crippen molar-refractivity contribution in [2.75, 3.05) is 6.54 Å². The first-order valence-corrected chi connectivity index (χ1v) is 11.5. The van der Waals surface area contributed by atoms with E-state index in [0.29, 0.717) is 12.0 Å². The number of halogens is 1. The third kappa shape index (κ3) is 3.95. The zero-order valence-corrected chi connectivity index (χ0v) is 16.7. The van der Waals surface area contributed by atoms with E-state index in [-0.39, 0.29) is 0 Å². The normalized spacial score (nSPS) is 17.4. The Bertz CT molecular complexity index is 659. The third-order valence-corrected chi connectivity index (χ3v) is 6.91. The quantitative estimate of drug-likeness (QED) is 0.357. The summed E-state index contributed by atoms with van der Waals surface area (Å²) in [6.45, 7) is 9.28. The second-order valence-electron chi connectivity index (χ2n) is 6.22. The molecule has 1 unspecified atom stereocenters. The van der Waals surface area contributed by atoms with Gasteiger partial charge in [0.2, 0.25) is 0 Å². The van der Waals surface area contributed by atoms with E-state index in [1.54, 1.807) is 9.12 Å². The number of benzene rings is 2. The fourth-order valence-electron chi connectivity index (χ4n) is 3.26. The minimum atomic E-state index is 0.426. The molecule has 0 heterocycles. The predicted molar refractivity (Wildman–Crippen MR) is 114 cm³/mol. The number of nitrogens with zero attached hydrogens (tertiary/aromatic N) is 1. The lowest BCUT2D eigenvalue weighted by atomic mass is 9.82. The first kappa shape index (κ1) is 17.8. The van der Waals surface area contributed by atoms with Gasteiger partial charge >= 0.3 is 0 Å². The molecule has 124 valence electrons. The molecule has 0 bridgehead atoms. The standard InChI is InChI=1S/C21H22INS/c1-16-15-21(17(16)2)23(24-22)14-13-20(18-9-5-3-6-10-18)19-11-7-4-8-12-19/h3-12,20-21H,1-2,13-15H2. The molecule has 1 nitrogen and oxygen atoms in total. The van der Waals surface area contributed by atoms with Crippen LogP contribution in [0.4, 0.5) is 0 Å². The highest BCUT2D eigenvalue weighted by molar-refractivity contribution is 14.2. The highest BCUT2D eigenvalue weighted by atomic mass is 127. The monoisotopic (exact) mass is 447 g/mol. The van der Waals surface area contributed by atoms with Crippen molar-refractivity contribution in [3.05, 3.63) is 96.1 Å². The number of hydrogen-bond donors (Lipinski definition) is 0. The Morgan fingerprint density at radius 3 is 1.96 bits per heavy atom. The number of rotatable bonds is 7. The second-order valence-corrected chi connectivity index (χ2v) is 8.01. The summed E-state index contributed by atoms with van der Waals surface area (Å²) >= 11 is 2.39. The van der Waals surface area contributed by atoms with Crippen LogP contribution in [0.5, 0.6) is 0 Å². The van der Waals surface area contributed by atoms with E-state index in [1.807, 2.05) is 0 Å². The fraction of sp³-hybridized carbons (Fsp3) is 0.238. The summed E-state index contributed by atoms with van der Waals surface area (Å²) < 4.78 is 2.45. The molecule has 0 spiro atoms. The lowest BCUT2D eigenvalue weighted by molar-refractivity contribution is 0.351. The zero-order chi connectivity index (χ0) is 16.9. The molecule has 2 aromatic carbocycles. The van der Waals surface area contributed by atoms with Gasteiger partial charge < -0.3 is 0 Å². The van der Waals surface area contributed by atoms with Crippen LogP contribution in [0.3, 0.4) is 0 Å². The SMILES string of the molecule is C=C1CC(N(CCC(c2ccccc2)c2ccccc2)SI)C1=C. The molecule has 1 fully saturated rings. The van der Waals surface area contributed by atoms with Crippen molar-refractivity contribution >= 4 is 30.3 Å². The van der Waals surface area contributed by atoms with Gasteiger partial charge in [-0.2, -0.15) is 0 Å². The predicted octanol–water partition coefficient (Wildman–Crippen LogP) is 6.39. The smallest absolute Gasteiger partial charge is 0.0496 e. The van der Waals surface area contributed by atoms with Crippen molar-refractivity contribution < 1.29 is 0 Å². The van der Waals surface area contributed by atoms with Gasteiger partial charge in [-0.25, -0.2) is 4.31 Å². The lowest BCUT2D eigenvalue weighted by Crippen LogP contribution is -2.38. The largest absolute Gasteiger partial charge is 0.234 e. The maximum absolute atomic E-state index is 4.18. The molecule has 0 saturated heterocycles. The molecule has 24 heavy (non-hydrogen) atoms. The lowest BCUT2D eigenvalue weighted by Gasteiger charge is -2.39. The van der Waals surface area contributed by atoms with E-state index in [2.05, 4.69) is 99.3 Å². The minimum absolute atomic E-state index is 0.426. The molecular weight excluding hydrogens is 425 g/mol. The van der Waals surface area contributed by atoms with Crippen molar-refractivity contribution in [2.24, 2.45) is 0 Å². The average Bonchev–Trinajstić information content (AvgIpc) is 2.65. The maximum Gasteiger partial charge on any atom is 0.0496 e. The fourth-order valence-corrected chi connectivity index (χ4v) is 5.15. The van der Waals surface area contributed by atoms with E-state index < -0.39 is 0 Å². The highest BCUT2D eigenvalue weighted by Crippen LogP contribution is 2.40. The van der Waals surface area contributed by atoms with Crippen LogP contribution in [-0.4, -0.2) is 16.9 Å². The van der Waals surface area contributed by atoms with Crippen molar-refractivity contribution in [3.8, 4) is 0 Å². The van der Waals surface area contributed by atoms with Crippen LogP contribution in [0.1, 0.15) is 29.9 Å². The van der Waals surface area contributed by atoms with Crippen molar-refractivity contribution in [3.63, 3.8) is 0 Å². The Kier molecular flexibility index (Phi) is 6.19. The van der Waals surface area contributed by atoms with Crippen LogP contribution in [0.2, 0.25) is 0 Å². The molecule has 3 heteroatoms. The summed E-state index contributed by atoms with van der Waals surface area (Å²) in [7, 11) is 1.79. The van der Waals surface area contributed by atoms with Crippen LogP contribution < -0.4 is 0 Å². The highest BCUT2D eigenvalue weighted by Gasteiger charge is 2.32. The van der Waals surface area contributed by atoms with Gasteiger partial charge in [0.15, 0.2) is 0 Å². The molecule has 0 aliphatic heterocycles. The Balaban J connectivity index is 1.75. The molecule has 0 N–H and O–H groups in total. The number of hydrogen-bond acceptors (Lipinski definition) is 2. The Labute approximate surface area is 161 Å². The Morgan fingerprint density at radius 2 is 1.54 bits per heavy atom. The van der Waals surface area contributed by atoms with E-state index in [9.17, 15) is 0 Å². The van der Waals surface area contributed by atoms with Gasteiger partial charge in [-0.3, -0.25) is 0 Å². The molecule has 0 aromatic heterocycles. The molecule has 3 rings (SSSR count). The van der Waals surface area contributed by atoms with Gasteiger partial charge in [-0.1, -0.05) is 73.8 Å². The van der Waals surface area contributed by atoms with Crippen LogP contribution in [0.25, 0.3) is 0 Å². The van der Waals surface area contributed by atoms with E-state index >= 15 is 0 Å². The Morgan fingerprint density at radius 1 is 1.00 bits per heavy atom. The van der Waals surface area contributed by atoms with Gasteiger partial charge in [0.1, 0.15) is 0 Å². The summed E-state index contributed by atoms with van der Waals surface area (Å²) in [5.74, 6) is 0.426. The summed E-state index contributed by atoms with van der Waals surface area (Å²) in [5.41, 5.74) is 5.19. The molecule has 1 atom stereocenters. The second kappa shape index (κ2) is 8.37. The van der Waals surface area contributed by atoms with Crippen molar-refractivity contribution in [2.45, 2.75) is 24.8 Å². The van der Waals surface area contributed by atoms with E-state index in [0.717, 1.165) is 19.4 Å². The van der Waals surface area contributed by atoms with Crippen LogP contribution >= 0.6 is 30.3 Å². The summed E-state index contributed by atoms with van der Waals surface area (Å²) in [4.78, 5) is 0. The molecule has 1 aliphatic carbocycles. The molecular formula is C21H22INS. The first-order valence-electron chi connectivity index (χ1n) is 8.23. The third-order valence-electron chi connectivity index (χ3n) is 4.77. The van der Waals surface area contributed by atoms with Gasteiger partial charge in [-0.15, -0.1) is 0 Å². The van der Waals surface area contributed by atoms with Crippen molar-refractivity contribution in [1.29, 1.82) is 0 Å². The van der Waals surface area contributed by atoms with E-state index in [1.165, 1.54) is 22.3 Å². The summed E-state index contributed by atoms with van der Waals surface area (Å²) in [6.07, 6.45) is 2.15. The van der Waals surface area contributed by atoms with Gasteiger partial charge in [0.25, 0.3) is 0 Å². The van der Waals surface area contributed by atoms with Crippen LogP contribution in [0.15, 0.2) is 85.0 Å². The molecule has 2 aromatic rings. The molecule has 0 radical (unpaired) electrons. The topological polar surface area (TPSA) is 3.24 Å². The minimum Gasteiger partial charge on any atom is -0.234 e. The van der Waals surface area contributed by atoms with Gasteiger partial charge in [0.05, 0.1) is 0 Å². The van der Waals surface area contributed by atoms with E-state index in [4.69, 9.17) is 0 Å². The molecule has 1 saturated carbocycles. The van der Waals surface area contributed by atoms with Crippen LogP contribution in [0, 0.1) is 0 Å². The summed E-state index contributed by atoms with van der Waals surface area (Å²) in [6, 6.07) is 22.1.